The molecule has 5 N–H and O–H groups in total. The van der Waals surface area contributed by atoms with E-state index in [9.17, 15) is 0 Å². The third-order valence-corrected chi connectivity index (χ3v) is 3.94. The number of hydrogen-bond acceptors (Lipinski definition) is 3. The number of nitrogens with two attached hydrogens (primary N) is 2. The van der Waals surface area contributed by atoms with Crippen molar-refractivity contribution in [2.45, 2.75) is 25.8 Å². The van der Waals surface area contributed by atoms with Crippen molar-refractivity contribution < 1.29 is 0 Å². The van der Waals surface area contributed by atoms with E-state index < -0.39 is 0 Å². The molecule has 1 fully saturated rings. The lowest BCUT2D eigenvalue weighted by Crippen LogP contribution is -2.29. The van der Waals surface area contributed by atoms with Gasteiger partial charge in [0.05, 0.1) is 11.0 Å². The summed E-state index contributed by atoms with van der Waals surface area (Å²) in [6, 6.07) is 6.25. The van der Waals surface area contributed by atoms with E-state index in [1.807, 2.05) is 13.0 Å². The Morgan fingerprint density at radius 1 is 1.47 bits per heavy atom. The van der Waals surface area contributed by atoms with Gasteiger partial charge in [0.25, 0.3) is 0 Å². The van der Waals surface area contributed by atoms with Crippen LogP contribution >= 0.6 is 0 Å². The Bertz CT molecular complexity index is 554. The highest BCUT2D eigenvalue weighted by molar-refractivity contribution is 5.76. The average Bonchev–Trinajstić information content (AvgIpc) is 3.03. The first-order valence-corrected chi connectivity index (χ1v) is 6.06. The Morgan fingerprint density at radius 3 is 2.88 bits per heavy atom. The summed E-state index contributed by atoms with van der Waals surface area (Å²) in [5.41, 5.74) is 15.5. The van der Waals surface area contributed by atoms with Gasteiger partial charge in [-0.25, -0.2) is 4.98 Å². The van der Waals surface area contributed by atoms with Gasteiger partial charge in [0.1, 0.15) is 5.82 Å². The number of rotatable bonds is 3. The average molecular weight is 230 g/mol. The molecule has 0 amide bonds. The maximum atomic E-state index is 6.33. The summed E-state index contributed by atoms with van der Waals surface area (Å²) in [4.78, 5) is 7.64. The first kappa shape index (κ1) is 10.7. The number of nitrogens with one attached hydrogen (secondary N) is 1. The maximum absolute atomic E-state index is 6.33. The predicted octanol–water partition coefficient (Wildman–Crippen LogP) is 1.61. The van der Waals surface area contributed by atoms with Crippen molar-refractivity contribution in [1.82, 2.24) is 9.97 Å². The quantitative estimate of drug-likeness (QED) is 0.749. The number of benzene rings is 1. The molecule has 0 aliphatic heterocycles. The van der Waals surface area contributed by atoms with Gasteiger partial charge in [-0.15, -0.1) is 0 Å². The Morgan fingerprint density at radius 2 is 2.24 bits per heavy atom. The number of aromatic nitrogens is 2. The lowest BCUT2D eigenvalue weighted by molar-refractivity contribution is 0.419. The summed E-state index contributed by atoms with van der Waals surface area (Å²) >= 11 is 0. The number of imidazole rings is 1. The zero-order chi connectivity index (χ0) is 12.0. The van der Waals surface area contributed by atoms with Crippen LogP contribution in [0.4, 0.5) is 0 Å². The third-order valence-electron chi connectivity index (χ3n) is 3.94. The van der Waals surface area contributed by atoms with E-state index >= 15 is 0 Å². The highest BCUT2D eigenvalue weighted by Gasteiger charge is 2.47. The van der Waals surface area contributed by atoms with E-state index in [-0.39, 0.29) is 11.5 Å². The molecule has 1 aliphatic rings. The number of fused-ring (bicyclic) bond motifs is 1. The van der Waals surface area contributed by atoms with Gasteiger partial charge in [-0.3, -0.25) is 0 Å². The number of aryl methyl sites for hydroxylation is 1. The molecule has 4 nitrogen and oxygen atoms in total. The second-order valence-corrected chi connectivity index (χ2v) is 5.14. The topological polar surface area (TPSA) is 80.7 Å². The largest absolute Gasteiger partial charge is 0.342 e. The van der Waals surface area contributed by atoms with Crippen molar-refractivity contribution in [3.8, 4) is 0 Å². The Balaban J connectivity index is 2.00. The molecule has 1 saturated carbocycles. The van der Waals surface area contributed by atoms with Gasteiger partial charge < -0.3 is 16.5 Å². The summed E-state index contributed by atoms with van der Waals surface area (Å²) in [5, 5.41) is 0. The summed E-state index contributed by atoms with van der Waals surface area (Å²) < 4.78 is 0. The molecular formula is C13H18N4. The molecule has 1 aromatic heterocycles. The molecule has 1 aliphatic carbocycles. The van der Waals surface area contributed by atoms with Crippen LogP contribution in [0.5, 0.6) is 0 Å². The van der Waals surface area contributed by atoms with Gasteiger partial charge in [-0.1, -0.05) is 6.07 Å². The highest BCUT2D eigenvalue weighted by Crippen LogP contribution is 2.52. The van der Waals surface area contributed by atoms with Gasteiger partial charge in [0.2, 0.25) is 0 Å². The van der Waals surface area contributed by atoms with Crippen LogP contribution in [0, 0.1) is 12.3 Å². The first-order chi connectivity index (χ1) is 8.14. The lowest BCUT2D eigenvalue weighted by atomic mass is 9.91. The van der Waals surface area contributed by atoms with E-state index in [1.54, 1.807) is 0 Å². The highest BCUT2D eigenvalue weighted by atomic mass is 14.9. The molecule has 3 rings (SSSR count). The van der Waals surface area contributed by atoms with Gasteiger partial charge in [-0.05, 0) is 44.0 Å². The van der Waals surface area contributed by atoms with Crippen LogP contribution in [-0.2, 0) is 0 Å². The Kier molecular flexibility index (Phi) is 2.24. The molecule has 1 unspecified atom stereocenters. The predicted molar refractivity (Wildman–Crippen MR) is 68.5 cm³/mol. The van der Waals surface area contributed by atoms with Gasteiger partial charge in [0, 0.05) is 11.5 Å². The molecule has 90 valence electrons. The van der Waals surface area contributed by atoms with Crippen LogP contribution in [0.2, 0.25) is 0 Å². The van der Waals surface area contributed by atoms with Crippen molar-refractivity contribution >= 4 is 11.0 Å². The van der Waals surface area contributed by atoms with Gasteiger partial charge in [-0.2, -0.15) is 0 Å². The summed E-state index contributed by atoms with van der Waals surface area (Å²) in [6.07, 6.45) is 2.29. The Hall–Kier alpha value is -1.39. The van der Waals surface area contributed by atoms with Crippen LogP contribution in [0.1, 0.15) is 30.3 Å². The minimum atomic E-state index is 0.0421. The maximum Gasteiger partial charge on any atom is 0.104 e. The normalized spacial score (nSPS) is 19.5. The number of hydrogen-bond donors (Lipinski definition) is 3. The zero-order valence-electron chi connectivity index (χ0n) is 10.0. The van der Waals surface area contributed by atoms with E-state index in [2.05, 4.69) is 22.1 Å². The van der Waals surface area contributed by atoms with Crippen molar-refractivity contribution in [3.63, 3.8) is 0 Å². The molecule has 0 spiro atoms. The second-order valence-electron chi connectivity index (χ2n) is 5.14. The first-order valence-electron chi connectivity index (χ1n) is 6.06. The number of nitrogens with zero attached hydrogens (tertiary/aromatic N) is 1. The number of H-pyrrole nitrogens is 1. The molecule has 4 heteroatoms. The molecule has 1 aromatic carbocycles. The molecule has 0 radical (unpaired) electrons. The minimum absolute atomic E-state index is 0.0421. The monoisotopic (exact) mass is 230 g/mol. The van der Waals surface area contributed by atoms with E-state index in [0.717, 1.165) is 35.3 Å². The SMILES string of the molecule is Cc1nc2ccc(C(N)C3(CN)CC3)cc2[nH]1. The Labute approximate surface area is 100 Å². The third kappa shape index (κ3) is 1.64. The molecule has 0 bridgehead atoms. The standard InChI is InChI=1S/C13H18N4/c1-8-16-10-3-2-9(6-11(10)17-8)12(15)13(7-14)4-5-13/h2-3,6,12H,4-5,7,14-15H2,1H3,(H,16,17). The van der Waals surface area contributed by atoms with Crippen LogP contribution in [0.15, 0.2) is 18.2 Å². The fraction of sp³-hybridized carbons (Fsp3) is 0.462. The number of aromatic amines is 1. The van der Waals surface area contributed by atoms with E-state index in [0.29, 0.717) is 6.54 Å². The molecule has 0 saturated heterocycles. The molecule has 2 aromatic rings. The fourth-order valence-electron chi connectivity index (χ4n) is 2.50. The summed E-state index contributed by atoms with van der Waals surface area (Å²) in [6.45, 7) is 2.63. The zero-order valence-corrected chi connectivity index (χ0v) is 10.0. The second kappa shape index (κ2) is 3.55. The van der Waals surface area contributed by atoms with Crippen molar-refractivity contribution in [2.24, 2.45) is 16.9 Å². The minimum Gasteiger partial charge on any atom is -0.342 e. The van der Waals surface area contributed by atoms with Gasteiger partial charge >= 0.3 is 0 Å². The van der Waals surface area contributed by atoms with Crippen LogP contribution in [0.25, 0.3) is 11.0 Å². The van der Waals surface area contributed by atoms with Crippen LogP contribution in [0.3, 0.4) is 0 Å². The lowest BCUT2D eigenvalue weighted by Gasteiger charge is -2.21. The summed E-state index contributed by atoms with van der Waals surface area (Å²) in [7, 11) is 0. The van der Waals surface area contributed by atoms with Gasteiger partial charge in [0.15, 0.2) is 0 Å². The van der Waals surface area contributed by atoms with E-state index in [1.165, 1.54) is 0 Å². The van der Waals surface area contributed by atoms with Crippen molar-refractivity contribution in [3.05, 3.63) is 29.6 Å². The van der Waals surface area contributed by atoms with Crippen LogP contribution in [-0.4, -0.2) is 16.5 Å². The molecule has 1 atom stereocenters. The molecule has 17 heavy (non-hydrogen) atoms. The van der Waals surface area contributed by atoms with E-state index in [4.69, 9.17) is 11.5 Å². The molecular weight excluding hydrogens is 212 g/mol. The summed E-state index contributed by atoms with van der Waals surface area (Å²) in [5.74, 6) is 0.936. The fourth-order valence-corrected chi connectivity index (χ4v) is 2.50. The van der Waals surface area contributed by atoms with Crippen molar-refractivity contribution in [2.75, 3.05) is 6.54 Å². The molecule has 1 heterocycles. The smallest absolute Gasteiger partial charge is 0.104 e. The van der Waals surface area contributed by atoms with Crippen LogP contribution < -0.4 is 11.5 Å². The van der Waals surface area contributed by atoms with Crippen molar-refractivity contribution in [1.29, 1.82) is 0 Å².